The molecule has 7 nitrogen and oxygen atoms in total. The highest BCUT2D eigenvalue weighted by molar-refractivity contribution is 7.11. The van der Waals surface area contributed by atoms with Gasteiger partial charge in [0.1, 0.15) is 16.4 Å². The summed E-state index contributed by atoms with van der Waals surface area (Å²) in [6.07, 6.45) is 5.53. The van der Waals surface area contributed by atoms with Gasteiger partial charge in [0.2, 0.25) is 0 Å². The molecule has 2 aromatic heterocycles. The number of fused-ring (bicyclic) bond motifs is 1. The van der Waals surface area contributed by atoms with Gasteiger partial charge in [-0.2, -0.15) is 5.10 Å². The first-order chi connectivity index (χ1) is 12.8. The maximum absolute atomic E-state index is 13.2. The number of likely N-dealkylation sites (tertiary alicyclic amines) is 1. The predicted octanol–water partition coefficient (Wildman–Crippen LogP) is 2.72. The molecule has 2 aromatic rings. The second-order valence-corrected chi connectivity index (χ2v) is 9.73. The number of aromatic nitrogens is 3. The van der Waals surface area contributed by atoms with E-state index in [1.54, 1.807) is 17.5 Å². The molecule has 2 unspecified atom stereocenters. The van der Waals surface area contributed by atoms with Gasteiger partial charge in [0.15, 0.2) is 0 Å². The van der Waals surface area contributed by atoms with Gasteiger partial charge < -0.3 is 15.1 Å². The number of aryl methyl sites for hydroxylation is 1. The summed E-state index contributed by atoms with van der Waals surface area (Å²) >= 11 is 1.71. The largest absolute Gasteiger partial charge is 0.360 e. The Balaban J connectivity index is 1.64. The van der Waals surface area contributed by atoms with Crippen LogP contribution in [-0.2, 0) is 5.54 Å². The van der Waals surface area contributed by atoms with E-state index in [2.05, 4.69) is 48.1 Å². The van der Waals surface area contributed by atoms with Crippen molar-refractivity contribution >= 4 is 23.1 Å². The number of carbonyl (C=O) groups is 1. The van der Waals surface area contributed by atoms with Crippen LogP contribution in [0.25, 0.3) is 0 Å². The molecule has 4 heterocycles. The predicted molar refractivity (Wildman–Crippen MR) is 107 cm³/mol. The minimum atomic E-state index is -0.185. The van der Waals surface area contributed by atoms with Crippen LogP contribution in [0.4, 0.5) is 5.82 Å². The third kappa shape index (κ3) is 3.25. The fraction of sp³-hybridized carbons (Fsp3) is 0.632. The van der Waals surface area contributed by atoms with Gasteiger partial charge in [-0.25, -0.2) is 9.67 Å². The lowest BCUT2D eigenvalue weighted by molar-refractivity contribution is 0.0738. The summed E-state index contributed by atoms with van der Waals surface area (Å²) in [6.45, 7) is 8.36. The number of nitrogens with zero attached hydrogens (tertiary/aromatic N) is 5. The molecule has 1 fully saturated rings. The monoisotopic (exact) mass is 388 g/mol. The van der Waals surface area contributed by atoms with E-state index in [4.69, 9.17) is 0 Å². The lowest BCUT2D eigenvalue weighted by Gasteiger charge is -2.37. The molecule has 0 aliphatic carbocycles. The van der Waals surface area contributed by atoms with E-state index < -0.39 is 0 Å². The van der Waals surface area contributed by atoms with E-state index in [0.29, 0.717) is 5.56 Å². The van der Waals surface area contributed by atoms with Crippen LogP contribution in [0.5, 0.6) is 0 Å². The van der Waals surface area contributed by atoms with E-state index >= 15 is 0 Å². The molecule has 146 valence electrons. The van der Waals surface area contributed by atoms with Crippen molar-refractivity contribution < 1.29 is 4.79 Å². The van der Waals surface area contributed by atoms with Crippen molar-refractivity contribution in [2.24, 2.45) is 0 Å². The molecule has 0 bridgehead atoms. The lowest BCUT2D eigenvalue weighted by Crippen LogP contribution is -2.40. The lowest BCUT2D eigenvalue weighted by atomic mass is 9.93. The fourth-order valence-electron chi connectivity index (χ4n) is 4.17. The molecule has 2 aliphatic heterocycles. The third-order valence-corrected chi connectivity index (χ3v) is 6.79. The molecule has 1 N–H and O–H groups in total. The van der Waals surface area contributed by atoms with Gasteiger partial charge in [-0.3, -0.25) is 4.79 Å². The van der Waals surface area contributed by atoms with Gasteiger partial charge in [-0.05, 0) is 47.2 Å². The van der Waals surface area contributed by atoms with E-state index in [1.165, 1.54) is 4.88 Å². The summed E-state index contributed by atoms with van der Waals surface area (Å²) in [6, 6.07) is 0.351. The zero-order chi connectivity index (χ0) is 19.3. The van der Waals surface area contributed by atoms with Gasteiger partial charge in [0.25, 0.3) is 5.91 Å². The second-order valence-electron chi connectivity index (χ2n) is 8.46. The first kappa shape index (κ1) is 18.4. The normalized spacial score (nSPS) is 24.5. The number of hydrogen-bond donors (Lipinski definition) is 1. The van der Waals surface area contributed by atoms with E-state index in [0.717, 1.165) is 36.8 Å². The van der Waals surface area contributed by atoms with E-state index in [1.807, 2.05) is 22.8 Å². The summed E-state index contributed by atoms with van der Waals surface area (Å²) in [5.41, 5.74) is 0.466. The summed E-state index contributed by atoms with van der Waals surface area (Å²) < 4.78 is 1.96. The molecular formula is C19H28N6OS. The Morgan fingerprint density at radius 3 is 2.81 bits per heavy atom. The zero-order valence-electron chi connectivity index (χ0n) is 16.7. The van der Waals surface area contributed by atoms with Gasteiger partial charge in [0, 0.05) is 30.7 Å². The Kier molecular flexibility index (Phi) is 4.50. The van der Waals surface area contributed by atoms with Crippen LogP contribution in [0.15, 0.2) is 12.4 Å². The molecule has 2 aliphatic rings. The van der Waals surface area contributed by atoms with Crippen molar-refractivity contribution in [1.82, 2.24) is 24.6 Å². The molecule has 4 rings (SSSR count). The van der Waals surface area contributed by atoms with Crippen molar-refractivity contribution in [3.8, 4) is 0 Å². The van der Waals surface area contributed by atoms with Crippen LogP contribution in [0, 0.1) is 6.92 Å². The molecule has 0 radical (unpaired) electrons. The molecule has 0 saturated carbocycles. The summed E-state index contributed by atoms with van der Waals surface area (Å²) in [4.78, 5) is 23.1. The minimum absolute atomic E-state index is 0.0378. The Labute approximate surface area is 164 Å². The number of likely N-dealkylation sites (N-methyl/N-ethyl adjacent to an activating group) is 2. The quantitative estimate of drug-likeness (QED) is 0.876. The van der Waals surface area contributed by atoms with Gasteiger partial charge in [0.05, 0.1) is 17.8 Å². The fourth-order valence-corrected chi connectivity index (χ4v) is 5.00. The molecule has 27 heavy (non-hydrogen) atoms. The summed E-state index contributed by atoms with van der Waals surface area (Å²) in [7, 11) is 4.01. The smallest absolute Gasteiger partial charge is 0.259 e. The molecule has 0 aromatic carbocycles. The van der Waals surface area contributed by atoms with Crippen molar-refractivity contribution in [3.63, 3.8) is 0 Å². The highest BCUT2D eigenvalue weighted by Gasteiger charge is 2.39. The first-order valence-corrected chi connectivity index (χ1v) is 10.3. The topological polar surface area (TPSA) is 66.3 Å². The van der Waals surface area contributed by atoms with Gasteiger partial charge >= 0.3 is 0 Å². The van der Waals surface area contributed by atoms with Crippen LogP contribution < -0.4 is 5.32 Å². The number of thiazole rings is 1. The summed E-state index contributed by atoms with van der Waals surface area (Å²) in [5.74, 6) is 0.850. The summed E-state index contributed by atoms with van der Waals surface area (Å²) in [5, 5.41) is 9.19. The number of hydrogen-bond acceptors (Lipinski definition) is 6. The Morgan fingerprint density at radius 1 is 1.41 bits per heavy atom. The highest BCUT2D eigenvalue weighted by atomic mass is 32.1. The van der Waals surface area contributed by atoms with Gasteiger partial charge in [-0.1, -0.05) is 0 Å². The molecule has 2 atom stereocenters. The Morgan fingerprint density at radius 2 is 2.19 bits per heavy atom. The zero-order valence-corrected chi connectivity index (χ0v) is 17.5. The van der Waals surface area contributed by atoms with Crippen LogP contribution in [0.1, 0.15) is 53.0 Å². The van der Waals surface area contributed by atoms with E-state index in [-0.39, 0.29) is 23.5 Å². The van der Waals surface area contributed by atoms with Crippen LogP contribution in [0.2, 0.25) is 0 Å². The maximum atomic E-state index is 13.2. The average Bonchev–Trinajstić information content (AvgIpc) is 3.32. The van der Waals surface area contributed by atoms with Crippen molar-refractivity contribution in [2.75, 3.05) is 32.5 Å². The molecular weight excluding hydrogens is 360 g/mol. The van der Waals surface area contributed by atoms with Crippen molar-refractivity contribution in [1.29, 1.82) is 0 Å². The third-order valence-electron chi connectivity index (χ3n) is 5.76. The minimum Gasteiger partial charge on any atom is -0.360 e. The van der Waals surface area contributed by atoms with E-state index in [9.17, 15) is 4.79 Å². The first-order valence-electron chi connectivity index (χ1n) is 9.49. The number of amides is 1. The average molecular weight is 389 g/mol. The molecule has 1 amide bonds. The maximum Gasteiger partial charge on any atom is 0.259 e. The number of anilines is 1. The second kappa shape index (κ2) is 6.60. The highest BCUT2D eigenvalue weighted by Crippen LogP contribution is 2.41. The number of rotatable bonds is 3. The standard InChI is InChI=1S/C19H28N6OS/c1-12-9-20-17(27-12)15-8-19(2,3)25-16(22-15)14(10-21-25)18(26)24(5)13-6-7-23(4)11-13/h9-10,13,15,22H,6-8,11H2,1-5H3. The van der Waals surface area contributed by atoms with Gasteiger partial charge in [-0.15, -0.1) is 11.3 Å². The molecule has 8 heteroatoms. The SMILES string of the molecule is Cc1cnc(C2CC(C)(C)n3ncc(C(=O)N(C)C4CCN(C)C4)c3N2)s1. The Bertz CT molecular complexity index is 856. The Hall–Kier alpha value is -1.93. The van der Waals surface area contributed by atoms with Crippen molar-refractivity contribution in [3.05, 3.63) is 27.8 Å². The number of nitrogens with one attached hydrogen (secondary N) is 1. The molecule has 0 spiro atoms. The van der Waals surface area contributed by atoms with Crippen LogP contribution in [-0.4, -0.2) is 63.7 Å². The van der Waals surface area contributed by atoms with Crippen LogP contribution >= 0.6 is 11.3 Å². The van der Waals surface area contributed by atoms with Crippen molar-refractivity contribution in [2.45, 2.75) is 51.2 Å². The number of carbonyl (C=O) groups excluding carboxylic acids is 1. The molecule has 1 saturated heterocycles. The van der Waals surface area contributed by atoms with Crippen LogP contribution in [0.3, 0.4) is 0 Å².